The van der Waals surface area contributed by atoms with E-state index in [9.17, 15) is 0 Å². The Morgan fingerprint density at radius 1 is 1.22 bits per heavy atom. The van der Waals surface area contributed by atoms with Crippen LogP contribution in [0.2, 0.25) is 0 Å². The van der Waals surface area contributed by atoms with E-state index < -0.39 is 0 Å². The SMILES string of the molecule is C[C@H](NCc1ccc(Br)cc1)[C@@H]1C[C@H]2CC[C@H]1C2. The molecule has 2 fully saturated rings. The van der Waals surface area contributed by atoms with Crippen LogP contribution >= 0.6 is 15.9 Å². The average molecular weight is 308 g/mol. The van der Waals surface area contributed by atoms with Gasteiger partial charge in [-0.25, -0.2) is 0 Å². The molecule has 0 unspecified atom stereocenters. The zero-order chi connectivity index (χ0) is 12.5. The van der Waals surface area contributed by atoms with Gasteiger partial charge in [-0.3, -0.25) is 0 Å². The van der Waals surface area contributed by atoms with Gasteiger partial charge in [0.2, 0.25) is 0 Å². The van der Waals surface area contributed by atoms with Gasteiger partial charge in [0.05, 0.1) is 0 Å². The van der Waals surface area contributed by atoms with Gasteiger partial charge in [0.1, 0.15) is 0 Å². The number of nitrogens with one attached hydrogen (secondary N) is 1. The highest BCUT2D eigenvalue weighted by Crippen LogP contribution is 2.49. The van der Waals surface area contributed by atoms with E-state index in [1.54, 1.807) is 0 Å². The van der Waals surface area contributed by atoms with Gasteiger partial charge in [0.25, 0.3) is 0 Å². The van der Waals surface area contributed by atoms with Gasteiger partial charge < -0.3 is 5.32 Å². The lowest BCUT2D eigenvalue weighted by Crippen LogP contribution is -2.35. The van der Waals surface area contributed by atoms with Crippen molar-refractivity contribution in [2.75, 3.05) is 0 Å². The molecule has 0 aliphatic heterocycles. The molecule has 0 aromatic heterocycles. The Balaban J connectivity index is 1.52. The van der Waals surface area contributed by atoms with Crippen LogP contribution in [-0.4, -0.2) is 6.04 Å². The fourth-order valence-electron chi connectivity index (χ4n) is 3.94. The Hall–Kier alpha value is -0.340. The smallest absolute Gasteiger partial charge is 0.0208 e. The Morgan fingerprint density at radius 2 is 2.00 bits per heavy atom. The molecule has 0 spiro atoms. The second-order valence-corrected chi connectivity index (χ2v) is 7.05. The third kappa shape index (κ3) is 2.65. The van der Waals surface area contributed by atoms with Gasteiger partial charge >= 0.3 is 0 Å². The lowest BCUT2D eigenvalue weighted by atomic mass is 9.84. The van der Waals surface area contributed by atoms with E-state index in [1.807, 2.05) is 0 Å². The molecule has 2 heteroatoms. The third-order valence-electron chi connectivity index (χ3n) is 4.98. The van der Waals surface area contributed by atoms with Crippen LogP contribution < -0.4 is 5.32 Å². The van der Waals surface area contributed by atoms with Crippen LogP contribution in [0.3, 0.4) is 0 Å². The topological polar surface area (TPSA) is 12.0 Å². The summed E-state index contributed by atoms with van der Waals surface area (Å²) in [6.07, 6.45) is 5.97. The maximum absolute atomic E-state index is 3.73. The predicted octanol–water partition coefficient (Wildman–Crippen LogP) is 4.36. The van der Waals surface area contributed by atoms with E-state index in [0.29, 0.717) is 6.04 Å². The van der Waals surface area contributed by atoms with Crippen LogP contribution in [0.25, 0.3) is 0 Å². The highest BCUT2D eigenvalue weighted by Gasteiger charge is 2.41. The third-order valence-corrected chi connectivity index (χ3v) is 5.51. The summed E-state index contributed by atoms with van der Waals surface area (Å²) in [7, 11) is 0. The molecule has 0 radical (unpaired) electrons. The highest BCUT2D eigenvalue weighted by molar-refractivity contribution is 9.10. The molecule has 2 saturated carbocycles. The minimum atomic E-state index is 0.670. The fraction of sp³-hybridized carbons (Fsp3) is 0.625. The lowest BCUT2D eigenvalue weighted by molar-refractivity contribution is 0.259. The molecule has 0 saturated heterocycles. The number of hydrogen-bond donors (Lipinski definition) is 1. The molecular weight excluding hydrogens is 286 g/mol. The molecule has 2 bridgehead atoms. The standard InChI is InChI=1S/C16H22BrN/c1-11(16-9-13-2-5-14(16)8-13)18-10-12-3-6-15(17)7-4-12/h3-4,6-7,11,13-14,16,18H,2,5,8-10H2,1H3/t11-,13-,14-,16-/m0/s1. The quantitative estimate of drug-likeness (QED) is 0.871. The normalized spacial score (nSPS) is 31.8. The van der Waals surface area contributed by atoms with Crippen molar-refractivity contribution in [2.24, 2.45) is 17.8 Å². The molecular formula is C16H22BrN. The van der Waals surface area contributed by atoms with Gasteiger partial charge in [-0.05, 0) is 61.6 Å². The van der Waals surface area contributed by atoms with Crippen molar-refractivity contribution >= 4 is 15.9 Å². The molecule has 2 aliphatic rings. The van der Waals surface area contributed by atoms with Crippen molar-refractivity contribution < 1.29 is 0 Å². The summed E-state index contributed by atoms with van der Waals surface area (Å²) in [4.78, 5) is 0. The number of benzene rings is 1. The fourth-order valence-corrected chi connectivity index (χ4v) is 4.20. The van der Waals surface area contributed by atoms with Gasteiger partial charge in [0.15, 0.2) is 0 Å². The molecule has 1 aromatic rings. The van der Waals surface area contributed by atoms with Crippen molar-refractivity contribution in [3.8, 4) is 0 Å². The number of fused-ring (bicyclic) bond motifs is 2. The second kappa shape index (κ2) is 5.34. The minimum absolute atomic E-state index is 0.670. The second-order valence-electron chi connectivity index (χ2n) is 6.13. The average Bonchev–Trinajstić information content (AvgIpc) is 3.00. The van der Waals surface area contributed by atoms with Gasteiger partial charge in [-0.2, -0.15) is 0 Å². The van der Waals surface area contributed by atoms with Gasteiger partial charge in [-0.15, -0.1) is 0 Å². The van der Waals surface area contributed by atoms with Crippen LogP contribution in [0.15, 0.2) is 28.7 Å². The number of rotatable bonds is 4. The summed E-state index contributed by atoms with van der Waals surface area (Å²) in [6.45, 7) is 3.38. The van der Waals surface area contributed by atoms with E-state index in [0.717, 1.165) is 28.8 Å². The molecule has 2 aliphatic carbocycles. The first kappa shape index (κ1) is 12.7. The maximum atomic E-state index is 3.73. The molecule has 18 heavy (non-hydrogen) atoms. The highest BCUT2D eigenvalue weighted by atomic mass is 79.9. The Morgan fingerprint density at radius 3 is 2.61 bits per heavy atom. The molecule has 0 heterocycles. The van der Waals surface area contributed by atoms with Crippen LogP contribution in [0.1, 0.15) is 38.2 Å². The maximum Gasteiger partial charge on any atom is 0.0208 e. The predicted molar refractivity (Wildman–Crippen MR) is 79.4 cm³/mol. The van der Waals surface area contributed by atoms with E-state index in [-0.39, 0.29) is 0 Å². The molecule has 1 aromatic carbocycles. The molecule has 1 N–H and O–H groups in total. The van der Waals surface area contributed by atoms with Crippen LogP contribution in [0.5, 0.6) is 0 Å². The number of halogens is 1. The van der Waals surface area contributed by atoms with Crippen molar-refractivity contribution in [3.63, 3.8) is 0 Å². The first-order chi connectivity index (χ1) is 8.72. The van der Waals surface area contributed by atoms with Crippen molar-refractivity contribution in [1.82, 2.24) is 5.32 Å². The zero-order valence-corrected chi connectivity index (χ0v) is 12.6. The summed E-state index contributed by atoms with van der Waals surface area (Å²) < 4.78 is 1.16. The Labute approximate surface area is 118 Å². The lowest BCUT2D eigenvalue weighted by Gasteiger charge is -2.28. The minimum Gasteiger partial charge on any atom is -0.310 e. The van der Waals surface area contributed by atoms with Gasteiger partial charge in [-0.1, -0.05) is 34.5 Å². The molecule has 3 rings (SSSR count). The summed E-state index contributed by atoms with van der Waals surface area (Å²) in [6, 6.07) is 9.32. The summed E-state index contributed by atoms with van der Waals surface area (Å²) in [5, 5.41) is 3.73. The largest absolute Gasteiger partial charge is 0.310 e. The zero-order valence-electron chi connectivity index (χ0n) is 11.0. The Kier molecular flexibility index (Phi) is 3.76. The monoisotopic (exact) mass is 307 g/mol. The Bertz CT molecular complexity index is 400. The summed E-state index contributed by atoms with van der Waals surface area (Å²) in [5.74, 6) is 3.00. The molecule has 0 amide bonds. The number of hydrogen-bond acceptors (Lipinski definition) is 1. The van der Waals surface area contributed by atoms with Crippen molar-refractivity contribution in [1.29, 1.82) is 0 Å². The van der Waals surface area contributed by atoms with E-state index in [2.05, 4.69) is 52.4 Å². The molecule has 1 nitrogen and oxygen atoms in total. The van der Waals surface area contributed by atoms with E-state index in [1.165, 1.54) is 31.2 Å². The first-order valence-electron chi connectivity index (χ1n) is 7.20. The summed E-state index contributed by atoms with van der Waals surface area (Å²) >= 11 is 3.48. The van der Waals surface area contributed by atoms with Gasteiger partial charge in [0, 0.05) is 17.1 Å². The van der Waals surface area contributed by atoms with Crippen LogP contribution in [0.4, 0.5) is 0 Å². The first-order valence-corrected chi connectivity index (χ1v) is 7.99. The summed E-state index contributed by atoms with van der Waals surface area (Å²) in [5.41, 5.74) is 1.38. The van der Waals surface area contributed by atoms with Crippen molar-refractivity contribution in [2.45, 2.75) is 45.2 Å². The van der Waals surface area contributed by atoms with Crippen LogP contribution in [-0.2, 0) is 6.54 Å². The molecule has 98 valence electrons. The van der Waals surface area contributed by atoms with E-state index in [4.69, 9.17) is 0 Å². The van der Waals surface area contributed by atoms with E-state index >= 15 is 0 Å². The molecule has 4 atom stereocenters. The van der Waals surface area contributed by atoms with Crippen molar-refractivity contribution in [3.05, 3.63) is 34.3 Å². The van der Waals surface area contributed by atoms with Crippen LogP contribution in [0, 0.1) is 17.8 Å².